The van der Waals surface area contributed by atoms with Gasteiger partial charge in [0.15, 0.2) is 5.96 Å². The van der Waals surface area contributed by atoms with Gasteiger partial charge < -0.3 is 20.1 Å². The normalized spacial score (nSPS) is 15.3. The van der Waals surface area contributed by atoms with E-state index in [0.717, 1.165) is 50.9 Å². The van der Waals surface area contributed by atoms with Gasteiger partial charge in [0.2, 0.25) is 5.91 Å². The lowest BCUT2D eigenvalue weighted by Crippen LogP contribution is -2.52. The molecule has 2 aromatic rings. The summed E-state index contributed by atoms with van der Waals surface area (Å²) in [4.78, 5) is 21.3. The summed E-state index contributed by atoms with van der Waals surface area (Å²) in [6.45, 7) is 8.11. The summed E-state index contributed by atoms with van der Waals surface area (Å²) in [5, 5.41) is 10.1. The summed E-state index contributed by atoms with van der Waals surface area (Å²) in [5.41, 5.74) is 1.60. The number of aromatic nitrogens is 1. The number of carbonyl (C=O) groups is 1. The van der Waals surface area contributed by atoms with E-state index in [-0.39, 0.29) is 18.1 Å². The molecule has 1 aromatic carbocycles. The Hall–Kier alpha value is -2.94. The molecule has 9 heteroatoms. The van der Waals surface area contributed by atoms with Crippen LogP contribution in [0.25, 0.3) is 0 Å². The number of piperazine rings is 1. The molecule has 2 heterocycles. The molecule has 1 aliphatic rings. The molecule has 1 saturated heterocycles. The number of hydrogen-bond donors (Lipinski definition) is 2. The van der Waals surface area contributed by atoms with Crippen molar-refractivity contribution in [1.29, 1.82) is 0 Å². The van der Waals surface area contributed by atoms with Crippen molar-refractivity contribution < 1.29 is 13.7 Å². The number of carbonyl (C=O) groups excluding carboxylic acids is 1. The van der Waals surface area contributed by atoms with Crippen molar-refractivity contribution in [1.82, 2.24) is 25.6 Å². The molecular weight excluding hydrogens is 387 g/mol. The lowest BCUT2D eigenvalue weighted by molar-refractivity contribution is -0.120. The Morgan fingerprint density at radius 3 is 2.77 bits per heavy atom. The van der Waals surface area contributed by atoms with Crippen LogP contribution in [0.15, 0.2) is 46.1 Å². The van der Waals surface area contributed by atoms with E-state index in [2.05, 4.69) is 30.6 Å². The fraction of sp³-hybridized carbons (Fsp3) is 0.476. The molecular formula is C21H29FN6O2. The molecule has 1 fully saturated rings. The monoisotopic (exact) mass is 416 g/mol. The SMILES string of the molecule is CCNC(=NCCNC(=O)Cc1cccc(F)c1)N1CCN(Cc2ccon2)CC1. The molecule has 162 valence electrons. The minimum Gasteiger partial charge on any atom is -0.364 e. The van der Waals surface area contributed by atoms with Gasteiger partial charge in [0.05, 0.1) is 18.7 Å². The Morgan fingerprint density at radius 1 is 1.23 bits per heavy atom. The van der Waals surface area contributed by atoms with Gasteiger partial charge in [-0.3, -0.25) is 14.7 Å². The third-order valence-electron chi connectivity index (χ3n) is 4.83. The van der Waals surface area contributed by atoms with Crippen LogP contribution in [0.5, 0.6) is 0 Å². The van der Waals surface area contributed by atoms with Gasteiger partial charge >= 0.3 is 0 Å². The Kier molecular flexibility index (Phi) is 8.20. The second-order valence-electron chi connectivity index (χ2n) is 7.15. The fourth-order valence-electron chi connectivity index (χ4n) is 3.34. The quantitative estimate of drug-likeness (QED) is 0.383. The molecule has 3 rings (SSSR count). The Bertz CT molecular complexity index is 819. The molecule has 1 amide bonds. The van der Waals surface area contributed by atoms with Crippen LogP contribution in [0.3, 0.4) is 0 Å². The number of guanidine groups is 1. The molecule has 8 nitrogen and oxygen atoms in total. The number of nitrogens with one attached hydrogen (secondary N) is 2. The van der Waals surface area contributed by atoms with Gasteiger partial charge in [-0.15, -0.1) is 0 Å². The highest BCUT2D eigenvalue weighted by atomic mass is 19.1. The van der Waals surface area contributed by atoms with Crippen LogP contribution in [-0.2, 0) is 17.8 Å². The first kappa shape index (κ1) is 21.8. The van der Waals surface area contributed by atoms with E-state index in [1.54, 1.807) is 18.4 Å². The summed E-state index contributed by atoms with van der Waals surface area (Å²) in [6.07, 6.45) is 1.76. The zero-order chi connectivity index (χ0) is 21.2. The number of benzene rings is 1. The van der Waals surface area contributed by atoms with E-state index in [9.17, 15) is 9.18 Å². The Morgan fingerprint density at radius 2 is 2.07 bits per heavy atom. The van der Waals surface area contributed by atoms with Crippen LogP contribution >= 0.6 is 0 Å². The maximum atomic E-state index is 13.2. The van der Waals surface area contributed by atoms with Crippen molar-refractivity contribution in [3.8, 4) is 0 Å². The number of halogens is 1. The molecule has 2 N–H and O–H groups in total. The number of hydrogen-bond acceptors (Lipinski definition) is 5. The van der Waals surface area contributed by atoms with Gasteiger partial charge in [0.25, 0.3) is 0 Å². The first-order valence-corrected chi connectivity index (χ1v) is 10.3. The van der Waals surface area contributed by atoms with Gasteiger partial charge in [0, 0.05) is 51.9 Å². The third kappa shape index (κ3) is 6.84. The second-order valence-corrected chi connectivity index (χ2v) is 7.15. The van der Waals surface area contributed by atoms with Crippen LogP contribution in [0.4, 0.5) is 4.39 Å². The van der Waals surface area contributed by atoms with E-state index < -0.39 is 0 Å². The van der Waals surface area contributed by atoms with Crippen LogP contribution < -0.4 is 10.6 Å². The molecule has 1 aromatic heterocycles. The zero-order valence-corrected chi connectivity index (χ0v) is 17.3. The van der Waals surface area contributed by atoms with Crippen LogP contribution in [-0.4, -0.2) is 72.6 Å². The summed E-state index contributed by atoms with van der Waals surface area (Å²) in [5.74, 6) is 0.390. The smallest absolute Gasteiger partial charge is 0.224 e. The lowest BCUT2D eigenvalue weighted by Gasteiger charge is -2.36. The van der Waals surface area contributed by atoms with Crippen molar-refractivity contribution in [2.75, 3.05) is 45.8 Å². The molecule has 0 radical (unpaired) electrons. The van der Waals surface area contributed by atoms with E-state index in [0.29, 0.717) is 18.7 Å². The number of aliphatic imine (C=N–C) groups is 1. The Labute approximate surface area is 176 Å². The average Bonchev–Trinajstić information content (AvgIpc) is 3.24. The zero-order valence-electron chi connectivity index (χ0n) is 17.3. The topological polar surface area (TPSA) is 86.0 Å². The van der Waals surface area contributed by atoms with Gasteiger partial charge in [0.1, 0.15) is 12.1 Å². The molecule has 0 atom stereocenters. The van der Waals surface area contributed by atoms with Crippen molar-refractivity contribution in [3.63, 3.8) is 0 Å². The van der Waals surface area contributed by atoms with E-state index >= 15 is 0 Å². The molecule has 30 heavy (non-hydrogen) atoms. The summed E-state index contributed by atoms with van der Waals surface area (Å²) < 4.78 is 18.1. The molecule has 0 spiro atoms. The molecule has 0 aliphatic carbocycles. The minimum atomic E-state index is -0.332. The predicted molar refractivity (Wildman–Crippen MR) is 112 cm³/mol. The van der Waals surface area contributed by atoms with Gasteiger partial charge in [-0.25, -0.2) is 4.39 Å². The first-order valence-electron chi connectivity index (χ1n) is 10.3. The van der Waals surface area contributed by atoms with Crippen molar-refractivity contribution in [2.45, 2.75) is 19.9 Å². The standard InChI is InChI=1S/C21H29FN6O2/c1-2-23-21(28-11-9-27(10-12-28)16-19-6-13-30-26-19)25-8-7-24-20(29)15-17-4-3-5-18(22)14-17/h3-6,13-14H,2,7-12,15-16H2,1H3,(H,23,25)(H,24,29). The fourth-order valence-corrected chi connectivity index (χ4v) is 3.34. The molecule has 0 saturated carbocycles. The summed E-state index contributed by atoms with van der Waals surface area (Å²) >= 11 is 0. The highest BCUT2D eigenvalue weighted by Crippen LogP contribution is 2.07. The van der Waals surface area contributed by atoms with Crippen LogP contribution in [0, 0.1) is 5.82 Å². The maximum absolute atomic E-state index is 13.2. The Balaban J connectivity index is 1.41. The first-order chi connectivity index (χ1) is 14.6. The number of amides is 1. The molecule has 0 unspecified atom stereocenters. The number of rotatable bonds is 8. The lowest BCUT2D eigenvalue weighted by atomic mass is 10.1. The highest BCUT2D eigenvalue weighted by Gasteiger charge is 2.20. The van der Waals surface area contributed by atoms with Crippen molar-refractivity contribution in [2.24, 2.45) is 4.99 Å². The predicted octanol–water partition coefficient (Wildman–Crippen LogP) is 1.26. The van der Waals surface area contributed by atoms with E-state index in [1.165, 1.54) is 12.1 Å². The molecule has 1 aliphatic heterocycles. The average molecular weight is 417 g/mol. The summed E-state index contributed by atoms with van der Waals surface area (Å²) in [7, 11) is 0. The summed E-state index contributed by atoms with van der Waals surface area (Å²) in [6, 6.07) is 7.99. The van der Waals surface area contributed by atoms with Crippen molar-refractivity contribution in [3.05, 3.63) is 53.7 Å². The van der Waals surface area contributed by atoms with Gasteiger partial charge in [-0.2, -0.15) is 0 Å². The highest BCUT2D eigenvalue weighted by molar-refractivity contribution is 5.80. The van der Waals surface area contributed by atoms with E-state index in [1.807, 2.05) is 13.0 Å². The largest absolute Gasteiger partial charge is 0.364 e. The van der Waals surface area contributed by atoms with Crippen LogP contribution in [0.2, 0.25) is 0 Å². The third-order valence-corrected chi connectivity index (χ3v) is 4.83. The van der Waals surface area contributed by atoms with Crippen LogP contribution in [0.1, 0.15) is 18.2 Å². The van der Waals surface area contributed by atoms with Gasteiger partial charge in [-0.05, 0) is 24.6 Å². The minimum absolute atomic E-state index is 0.137. The molecule has 0 bridgehead atoms. The van der Waals surface area contributed by atoms with Gasteiger partial charge in [-0.1, -0.05) is 17.3 Å². The second kappa shape index (κ2) is 11.3. The van der Waals surface area contributed by atoms with E-state index in [4.69, 9.17) is 4.52 Å². The number of nitrogens with zero attached hydrogens (tertiary/aromatic N) is 4. The maximum Gasteiger partial charge on any atom is 0.224 e. The van der Waals surface area contributed by atoms with Crippen molar-refractivity contribution >= 4 is 11.9 Å².